The Hall–Kier alpha value is -4.60. The zero-order chi connectivity index (χ0) is 42.2. The Morgan fingerprint density at radius 1 is 0.661 bits per heavy atom. The van der Waals surface area contributed by atoms with Crippen LogP contribution in [0.25, 0.3) is 0 Å². The molecule has 0 spiro atoms. The fourth-order valence-electron chi connectivity index (χ4n) is 4.94. The number of urea groups is 1. The summed E-state index contributed by atoms with van der Waals surface area (Å²) in [6, 6.07) is 9.77. The molecule has 1 rings (SSSR count). The van der Waals surface area contributed by atoms with Crippen LogP contribution >= 0.6 is 0 Å². The maximum atomic E-state index is 12.3. The number of alkyl carbamates (subject to hydrolysis) is 3. The third kappa shape index (κ3) is 28.8. The van der Waals surface area contributed by atoms with Crippen LogP contribution in [0, 0.1) is 0 Å². The maximum absolute atomic E-state index is 12.3. The Kier molecular flexibility index (Phi) is 22.5. The zero-order valence-electron chi connectivity index (χ0n) is 35.5. The van der Waals surface area contributed by atoms with Crippen LogP contribution in [0.2, 0.25) is 0 Å². The second kappa shape index (κ2) is 25.5. The summed E-state index contributed by atoms with van der Waals surface area (Å²) in [7, 11) is 0. The van der Waals surface area contributed by atoms with Gasteiger partial charge in [-0.1, -0.05) is 43.2 Å². The molecule has 16 heteroatoms. The van der Waals surface area contributed by atoms with Crippen molar-refractivity contribution in [3.63, 3.8) is 0 Å². The van der Waals surface area contributed by atoms with Crippen LogP contribution < -0.4 is 31.9 Å². The van der Waals surface area contributed by atoms with E-state index in [9.17, 15) is 24.0 Å². The highest BCUT2D eigenvalue weighted by Crippen LogP contribution is 2.11. The van der Waals surface area contributed by atoms with Gasteiger partial charge in [-0.15, -0.1) is 0 Å². The Morgan fingerprint density at radius 2 is 1.20 bits per heavy atom. The molecular formula is C40H70N8O8. The molecule has 1 atom stereocenters. The van der Waals surface area contributed by atoms with Crippen molar-refractivity contribution in [2.75, 3.05) is 39.3 Å². The van der Waals surface area contributed by atoms with Crippen molar-refractivity contribution in [2.45, 2.75) is 144 Å². The second-order valence-electron chi connectivity index (χ2n) is 16.7. The number of unbranched alkanes of at least 4 members (excludes halogenated alkanes) is 4. The summed E-state index contributed by atoms with van der Waals surface area (Å²) in [6.07, 6.45) is 3.52. The largest absolute Gasteiger partial charge is 0.444 e. The van der Waals surface area contributed by atoms with E-state index in [4.69, 9.17) is 14.2 Å². The number of carbonyl (C=O) groups excluding carboxylic acids is 5. The number of carbonyl (C=O) groups is 5. The van der Waals surface area contributed by atoms with E-state index in [0.717, 1.165) is 58.2 Å². The van der Waals surface area contributed by atoms with E-state index in [1.165, 1.54) is 5.56 Å². The summed E-state index contributed by atoms with van der Waals surface area (Å²) in [5.41, 5.74) is -0.792. The predicted molar refractivity (Wildman–Crippen MR) is 218 cm³/mol. The quantitative estimate of drug-likeness (QED) is 0.0400. The van der Waals surface area contributed by atoms with E-state index in [1.54, 1.807) is 41.5 Å². The van der Waals surface area contributed by atoms with Gasteiger partial charge in [0.05, 0.1) is 6.54 Å². The first-order chi connectivity index (χ1) is 26.1. The van der Waals surface area contributed by atoms with E-state index in [2.05, 4.69) is 53.9 Å². The van der Waals surface area contributed by atoms with Gasteiger partial charge in [0.25, 0.3) is 0 Å². The van der Waals surface area contributed by atoms with Crippen molar-refractivity contribution in [3.05, 3.63) is 35.9 Å². The van der Waals surface area contributed by atoms with Crippen molar-refractivity contribution in [3.8, 4) is 0 Å². The van der Waals surface area contributed by atoms with Gasteiger partial charge in [0.15, 0.2) is 0 Å². The molecule has 0 radical (unpaired) electrons. The van der Waals surface area contributed by atoms with Crippen molar-refractivity contribution < 1.29 is 38.2 Å². The number of rotatable bonds is 20. The number of benzene rings is 1. The highest BCUT2D eigenvalue weighted by molar-refractivity contribution is 6.01. The standard InChI is InChI=1S/C40H70N8O8/c1-30(45-35(51)54-38(2,3)4)22-27-48(29-31-20-14-13-15-21-31)26-19-18-25-43-34(50)44-28-32(49)41-23-16-11-12-17-24-42-33(46-36(52)55-39(5,6)7)47-37(53)56-40(8,9)10/h13-15,20-21,30H,11-12,16-19,22-29H2,1-10H3,(H,41,49)(H,45,51)(H2,43,44,50)(H2,42,46,47,52,53). The molecule has 1 aromatic rings. The highest BCUT2D eigenvalue weighted by atomic mass is 16.6. The molecule has 1 unspecified atom stereocenters. The van der Waals surface area contributed by atoms with E-state index in [-0.39, 0.29) is 24.5 Å². The molecule has 56 heavy (non-hydrogen) atoms. The molecule has 0 bridgehead atoms. The number of amides is 6. The molecule has 0 aliphatic heterocycles. The number of hydrogen-bond acceptors (Lipinski definition) is 10. The third-order valence-corrected chi connectivity index (χ3v) is 7.40. The van der Waals surface area contributed by atoms with Gasteiger partial charge in [-0.05, 0) is 113 Å². The smallest absolute Gasteiger partial charge is 0.414 e. The summed E-state index contributed by atoms with van der Waals surface area (Å²) in [5.74, 6) is -0.335. The lowest BCUT2D eigenvalue weighted by atomic mass is 10.1. The first-order valence-electron chi connectivity index (χ1n) is 19.7. The maximum Gasteiger partial charge on any atom is 0.414 e. The minimum absolute atomic E-state index is 0.0511. The van der Waals surface area contributed by atoms with Crippen molar-refractivity contribution in [1.82, 2.24) is 36.8 Å². The van der Waals surface area contributed by atoms with E-state index in [0.29, 0.717) is 26.1 Å². The van der Waals surface area contributed by atoms with Gasteiger partial charge < -0.3 is 35.5 Å². The lowest BCUT2D eigenvalue weighted by Gasteiger charge is -2.25. The van der Waals surface area contributed by atoms with E-state index in [1.807, 2.05) is 45.9 Å². The van der Waals surface area contributed by atoms with Crippen LogP contribution in [0.5, 0.6) is 0 Å². The van der Waals surface area contributed by atoms with E-state index >= 15 is 0 Å². The third-order valence-electron chi connectivity index (χ3n) is 7.40. The van der Waals surface area contributed by atoms with Gasteiger partial charge in [-0.2, -0.15) is 0 Å². The van der Waals surface area contributed by atoms with Crippen LogP contribution in [0.15, 0.2) is 35.3 Å². The fourth-order valence-corrected chi connectivity index (χ4v) is 4.94. The van der Waals surface area contributed by atoms with Gasteiger partial charge in [-0.25, -0.2) is 19.2 Å². The molecule has 0 aromatic heterocycles. The zero-order valence-corrected chi connectivity index (χ0v) is 35.5. The Labute approximate surface area is 334 Å². The topological polar surface area (TPSA) is 201 Å². The van der Waals surface area contributed by atoms with Crippen LogP contribution in [-0.4, -0.2) is 103 Å². The second-order valence-corrected chi connectivity index (χ2v) is 16.7. The SMILES string of the molecule is CC(CCN(CCCCNC(=O)NCC(=O)NCCCCCCN=C(NC(=O)OC(C)(C)C)NC(=O)OC(C)(C)C)Cc1ccccc1)NC(=O)OC(C)(C)C. The number of nitrogens with zero attached hydrogens (tertiary/aromatic N) is 2. The summed E-state index contributed by atoms with van der Waals surface area (Å²) >= 11 is 0. The van der Waals surface area contributed by atoms with Crippen LogP contribution in [0.4, 0.5) is 19.2 Å². The lowest BCUT2D eigenvalue weighted by Crippen LogP contribution is -2.47. The average Bonchev–Trinajstić information content (AvgIpc) is 3.04. The van der Waals surface area contributed by atoms with Crippen molar-refractivity contribution >= 4 is 36.2 Å². The molecule has 0 aliphatic rings. The number of nitrogens with one attached hydrogen (secondary N) is 6. The van der Waals surface area contributed by atoms with Gasteiger partial charge in [0, 0.05) is 38.8 Å². The molecule has 0 fully saturated rings. The van der Waals surface area contributed by atoms with Gasteiger partial charge >= 0.3 is 24.3 Å². The van der Waals surface area contributed by atoms with E-state index < -0.39 is 41.1 Å². The monoisotopic (exact) mass is 791 g/mol. The molecule has 318 valence electrons. The van der Waals surface area contributed by atoms with Gasteiger partial charge in [0.2, 0.25) is 11.9 Å². The first kappa shape index (κ1) is 49.4. The highest BCUT2D eigenvalue weighted by Gasteiger charge is 2.22. The molecule has 6 amide bonds. The Bertz CT molecular complexity index is 1340. The summed E-state index contributed by atoms with van der Waals surface area (Å²) in [5, 5.41) is 16.0. The minimum Gasteiger partial charge on any atom is -0.444 e. The number of ether oxygens (including phenoxy) is 3. The molecular weight excluding hydrogens is 720 g/mol. The molecule has 0 aliphatic carbocycles. The Morgan fingerprint density at radius 3 is 1.79 bits per heavy atom. The average molecular weight is 791 g/mol. The summed E-state index contributed by atoms with van der Waals surface area (Å²) < 4.78 is 15.9. The molecule has 0 saturated carbocycles. The van der Waals surface area contributed by atoms with Crippen molar-refractivity contribution in [1.29, 1.82) is 0 Å². The Balaban J connectivity index is 2.32. The molecule has 0 saturated heterocycles. The molecule has 6 N–H and O–H groups in total. The normalized spacial score (nSPS) is 12.1. The first-order valence-corrected chi connectivity index (χ1v) is 19.7. The predicted octanol–water partition coefficient (Wildman–Crippen LogP) is 5.95. The number of guanidine groups is 1. The number of aliphatic imine (C=N–C) groups is 1. The fraction of sp³-hybridized carbons (Fsp3) is 0.700. The lowest BCUT2D eigenvalue weighted by molar-refractivity contribution is -0.120. The van der Waals surface area contributed by atoms with Crippen LogP contribution in [0.3, 0.4) is 0 Å². The number of hydrogen-bond donors (Lipinski definition) is 6. The van der Waals surface area contributed by atoms with Gasteiger partial charge in [0.1, 0.15) is 16.8 Å². The molecule has 0 heterocycles. The van der Waals surface area contributed by atoms with Crippen LogP contribution in [0.1, 0.15) is 120 Å². The van der Waals surface area contributed by atoms with Crippen LogP contribution in [-0.2, 0) is 25.5 Å². The molecule has 1 aromatic carbocycles. The minimum atomic E-state index is -0.748. The van der Waals surface area contributed by atoms with Crippen molar-refractivity contribution in [2.24, 2.45) is 4.99 Å². The van der Waals surface area contributed by atoms with Gasteiger partial charge in [-0.3, -0.25) is 25.3 Å². The summed E-state index contributed by atoms with van der Waals surface area (Å²) in [4.78, 5) is 67.8. The molecule has 16 nitrogen and oxygen atoms in total. The summed E-state index contributed by atoms with van der Waals surface area (Å²) in [6.45, 7) is 21.4.